The zero-order valence-electron chi connectivity index (χ0n) is 21.3. The Hall–Kier alpha value is -2.21. The average molecular weight is 591 g/mol. The van der Waals surface area contributed by atoms with E-state index in [1.165, 1.54) is 10.9 Å². The summed E-state index contributed by atoms with van der Waals surface area (Å²) in [5.41, 5.74) is 4.17. The van der Waals surface area contributed by atoms with Gasteiger partial charge in [-0.2, -0.15) is 0 Å². The zero-order valence-corrected chi connectivity index (χ0v) is 24.3. The number of hydrogen-bond acceptors (Lipinski definition) is 2. The second-order valence-corrected chi connectivity index (χ2v) is 11.1. The van der Waals surface area contributed by atoms with Crippen LogP contribution in [0.5, 0.6) is 0 Å². The molecular weight excluding hydrogens is 560 g/mol. The third-order valence-corrected chi connectivity index (χ3v) is 7.96. The van der Waals surface area contributed by atoms with E-state index < -0.39 is 0 Å². The molecule has 0 unspecified atom stereocenters. The normalized spacial score (nSPS) is 11.4. The van der Waals surface area contributed by atoms with Crippen LogP contribution in [0.4, 0.5) is 0 Å². The molecule has 1 aromatic heterocycles. The molecule has 1 amide bonds. The molecule has 0 saturated carbocycles. The van der Waals surface area contributed by atoms with Crippen molar-refractivity contribution >= 4 is 63.2 Å². The SMILES string of the molecule is CCCCN(CC(=O)N(CCc1c[nH]c2ccccc12)Cc1ccc(Cl)c(Cl)c1)Cc1ccc(Cl)cc1Cl. The zero-order chi connectivity index (χ0) is 27.1. The fourth-order valence-electron chi connectivity index (χ4n) is 4.52. The maximum Gasteiger partial charge on any atom is 0.237 e. The molecule has 0 aliphatic rings. The summed E-state index contributed by atoms with van der Waals surface area (Å²) in [5, 5.41) is 3.36. The third-order valence-electron chi connectivity index (χ3n) is 6.63. The first-order valence-electron chi connectivity index (χ1n) is 12.8. The number of amides is 1. The van der Waals surface area contributed by atoms with Gasteiger partial charge in [-0.25, -0.2) is 0 Å². The van der Waals surface area contributed by atoms with E-state index in [9.17, 15) is 4.79 Å². The molecule has 4 aromatic rings. The first kappa shape index (κ1) is 28.8. The number of H-pyrrole nitrogens is 1. The third kappa shape index (κ3) is 7.68. The second kappa shape index (κ2) is 13.7. The Bertz CT molecular complexity index is 1390. The summed E-state index contributed by atoms with van der Waals surface area (Å²) < 4.78 is 0. The van der Waals surface area contributed by atoms with Crippen molar-refractivity contribution in [1.29, 1.82) is 0 Å². The molecule has 0 radical (unpaired) electrons. The largest absolute Gasteiger partial charge is 0.361 e. The molecule has 1 N–H and O–H groups in total. The molecular formula is C30H31Cl4N3O. The van der Waals surface area contributed by atoms with Crippen LogP contribution in [0.25, 0.3) is 10.9 Å². The smallest absolute Gasteiger partial charge is 0.237 e. The summed E-state index contributed by atoms with van der Waals surface area (Å²) >= 11 is 25.0. The highest BCUT2D eigenvalue weighted by Gasteiger charge is 2.20. The number of rotatable bonds is 12. The van der Waals surface area contributed by atoms with Crippen LogP contribution in [0.2, 0.25) is 20.1 Å². The number of halogens is 4. The quantitative estimate of drug-likeness (QED) is 0.179. The number of fused-ring (bicyclic) bond motifs is 1. The van der Waals surface area contributed by atoms with Gasteiger partial charge in [0.05, 0.1) is 16.6 Å². The summed E-state index contributed by atoms with van der Waals surface area (Å²) in [5.74, 6) is 0.0529. The molecule has 0 saturated heterocycles. The van der Waals surface area contributed by atoms with E-state index in [1.54, 1.807) is 12.1 Å². The van der Waals surface area contributed by atoms with Gasteiger partial charge in [0.25, 0.3) is 0 Å². The molecule has 0 aliphatic heterocycles. The average Bonchev–Trinajstić information content (AvgIpc) is 3.31. The van der Waals surface area contributed by atoms with Crippen molar-refractivity contribution in [1.82, 2.24) is 14.8 Å². The van der Waals surface area contributed by atoms with E-state index in [-0.39, 0.29) is 12.5 Å². The Morgan fingerprint density at radius 2 is 1.66 bits per heavy atom. The van der Waals surface area contributed by atoms with Crippen LogP contribution in [-0.2, 0) is 24.3 Å². The van der Waals surface area contributed by atoms with Crippen molar-refractivity contribution < 1.29 is 4.79 Å². The van der Waals surface area contributed by atoms with Gasteiger partial charge in [-0.3, -0.25) is 9.69 Å². The lowest BCUT2D eigenvalue weighted by Gasteiger charge is -2.28. The maximum absolute atomic E-state index is 13.8. The number of nitrogens with one attached hydrogen (secondary N) is 1. The Labute approximate surface area is 244 Å². The molecule has 4 nitrogen and oxygen atoms in total. The van der Waals surface area contributed by atoms with Gasteiger partial charge < -0.3 is 9.88 Å². The molecule has 38 heavy (non-hydrogen) atoms. The molecule has 0 atom stereocenters. The van der Waals surface area contributed by atoms with Crippen LogP contribution >= 0.6 is 46.4 Å². The Balaban J connectivity index is 1.53. The Morgan fingerprint density at radius 1 is 0.842 bits per heavy atom. The first-order valence-corrected chi connectivity index (χ1v) is 14.3. The van der Waals surface area contributed by atoms with Crippen LogP contribution in [0.3, 0.4) is 0 Å². The lowest BCUT2D eigenvalue weighted by molar-refractivity contribution is -0.133. The van der Waals surface area contributed by atoms with Crippen LogP contribution in [0.15, 0.2) is 66.9 Å². The molecule has 200 valence electrons. The predicted octanol–water partition coefficient (Wildman–Crippen LogP) is 8.66. The van der Waals surface area contributed by atoms with Crippen molar-refractivity contribution in [3.8, 4) is 0 Å². The fourth-order valence-corrected chi connectivity index (χ4v) is 5.31. The Morgan fingerprint density at radius 3 is 2.42 bits per heavy atom. The van der Waals surface area contributed by atoms with Crippen LogP contribution in [-0.4, -0.2) is 40.3 Å². The molecule has 8 heteroatoms. The number of aromatic amines is 1. The molecule has 3 aromatic carbocycles. The topological polar surface area (TPSA) is 39.3 Å². The fraction of sp³-hybridized carbons (Fsp3) is 0.300. The van der Waals surface area contributed by atoms with E-state index in [1.807, 2.05) is 47.5 Å². The lowest BCUT2D eigenvalue weighted by Crippen LogP contribution is -2.41. The van der Waals surface area contributed by atoms with Crippen LogP contribution in [0.1, 0.15) is 36.5 Å². The summed E-state index contributed by atoms with van der Waals surface area (Å²) in [6.07, 6.45) is 4.78. The summed E-state index contributed by atoms with van der Waals surface area (Å²) in [6, 6.07) is 19.2. The predicted molar refractivity (Wildman–Crippen MR) is 161 cm³/mol. The monoisotopic (exact) mass is 589 g/mol. The molecule has 0 aliphatic carbocycles. The number of nitrogens with zero attached hydrogens (tertiary/aromatic N) is 2. The standard InChI is InChI=1S/C30H31Cl4N3O/c1-2-3-13-36(19-23-9-10-24(31)16-27(23)33)20-30(38)37(18-21-8-11-26(32)28(34)15-21)14-12-22-17-35-29-7-5-4-6-25(22)29/h4-11,15-17,35H,2-3,12-14,18-20H2,1H3. The van der Waals surface area contributed by atoms with Crippen molar-refractivity contribution in [3.63, 3.8) is 0 Å². The van der Waals surface area contributed by atoms with Gasteiger partial charge >= 0.3 is 0 Å². The van der Waals surface area contributed by atoms with Crippen molar-refractivity contribution in [3.05, 3.63) is 104 Å². The number of benzene rings is 3. The van der Waals surface area contributed by atoms with Gasteiger partial charge in [0.15, 0.2) is 0 Å². The molecule has 4 rings (SSSR count). The van der Waals surface area contributed by atoms with E-state index in [4.69, 9.17) is 46.4 Å². The van der Waals surface area contributed by atoms with Gasteiger partial charge in [0, 0.05) is 46.8 Å². The van der Waals surface area contributed by atoms with E-state index in [0.29, 0.717) is 39.7 Å². The maximum atomic E-state index is 13.8. The van der Waals surface area contributed by atoms with E-state index in [2.05, 4.69) is 28.9 Å². The minimum absolute atomic E-state index is 0.0529. The second-order valence-electron chi connectivity index (χ2n) is 9.47. The number of unbranched alkanes of at least 4 members (excludes halogenated alkanes) is 1. The van der Waals surface area contributed by atoms with Crippen molar-refractivity contribution in [2.45, 2.75) is 39.3 Å². The van der Waals surface area contributed by atoms with Gasteiger partial charge in [0.1, 0.15) is 0 Å². The van der Waals surface area contributed by atoms with Crippen molar-refractivity contribution in [2.24, 2.45) is 0 Å². The Kier molecular flexibility index (Phi) is 10.4. The number of hydrogen-bond donors (Lipinski definition) is 1. The highest BCUT2D eigenvalue weighted by atomic mass is 35.5. The summed E-state index contributed by atoms with van der Waals surface area (Å²) in [4.78, 5) is 21.2. The summed E-state index contributed by atoms with van der Waals surface area (Å²) in [6.45, 7) is 4.82. The van der Waals surface area contributed by atoms with E-state index in [0.717, 1.165) is 42.5 Å². The number of carbonyl (C=O) groups is 1. The lowest BCUT2D eigenvalue weighted by atomic mass is 10.1. The van der Waals surface area contributed by atoms with Gasteiger partial charge in [-0.1, -0.05) is 90.1 Å². The highest BCUT2D eigenvalue weighted by Crippen LogP contribution is 2.25. The molecule has 0 spiro atoms. The minimum Gasteiger partial charge on any atom is -0.361 e. The molecule has 0 fully saturated rings. The number of carbonyl (C=O) groups excluding carboxylic acids is 1. The minimum atomic E-state index is 0.0529. The van der Waals surface area contributed by atoms with Gasteiger partial charge in [0.2, 0.25) is 5.91 Å². The van der Waals surface area contributed by atoms with Crippen LogP contribution < -0.4 is 0 Å². The first-order chi connectivity index (χ1) is 18.3. The van der Waals surface area contributed by atoms with Crippen molar-refractivity contribution in [2.75, 3.05) is 19.6 Å². The van der Waals surface area contributed by atoms with Crippen LogP contribution in [0, 0.1) is 0 Å². The van der Waals surface area contributed by atoms with Gasteiger partial charge in [-0.15, -0.1) is 0 Å². The highest BCUT2D eigenvalue weighted by molar-refractivity contribution is 6.42. The number of aromatic nitrogens is 1. The molecule has 1 heterocycles. The number of para-hydroxylation sites is 1. The molecule has 0 bridgehead atoms. The van der Waals surface area contributed by atoms with Gasteiger partial charge in [-0.05, 0) is 66.4 Å². The van der Waals surface area contributed by atoms with E-state index >= 15 is 0 Å². The summed E-state index contributed by atoms with van der Waals surface area (Å²) in [7, 11) is 0.